The molecule has 24 heavy (non-hydrogen) atoms. The van der Waals surface area contributed by atoms with Crippen LogP contribution >= 0.6 is 34.9 Å². The largest absolute Gasteiger partial charge is 0.454 e. The number of nitrogens with one attached hydrogen (secondary N) is 2. The van der Waals surface area contributed by atoms with Crippen molar-refractivity contribution in [1.82, 2.24) is 15.5 Å². The molecule has 0 aliphatic carbocycles. The summed E-state index contributed by atoms with van der Waals surface area (Å²) in [4.78, 5) is 34.9. The molecule has 1 atom stereocenters. The molecule has 0 aromatic carbocycles. The number of ether oxygens (including phenoxy) is 1. The summed E-state index contributed by atoms with van der Waals surface area (Å²) in [5.74, 6) is 0.0977. The summed E-state index contributed by atoms with van der Waals surface area (Å²) in [6.07, 6.45) is 2.34. The number of hydrogen-bond acceptors (Lipinski definition) is 9. The van der Waals surface area contributed by atoms with Crippen molar-refractivity contribution in [2.75, 3.05) is 29.7 Å². The molecule has 8 nitrogen and oxygen atoms in total. The molecule has 1 aromatic rings. The Balaban J connectivity index is 2.44. The highest BCUT2D eigenvalue weighted by Crippen LogP contribution is 2.24. The van der Waals surface area contributed by atoms with Gasteiger partial charge in [-0.3, -0.25) is 14.9 Å². The molecular weight excluding hydrogens is 372 g/mol. The van der Waals surface area contributed by atoms with E-state index >= 15 is 0 Å². The quantitative estimate of drug-likeness (QED) is 0.349. The fraction of sp³-hybridized carbons (Fsp3) is 0.615. The van der Waals surface area contributed by atoms with Crippen LogP contribution in [0.15, 0.2) is 4.34 Å². The highest BCUT2D eigenvalue weighted by molar-refractivity contribution is 8.01. The highest BCUT2D eigenvalue weighted by Gasteiger charge is 2.21. The number of rotatable bonds is 10. The summed E-state index contributed by atoms with van der Waals surface area (Å²) < 4.78 is 5.72. The molecule has 0 fully saturated rings. The van der Waals surface area contributed by atoms with Gasteiger partial charge in [0.1, 0.15) is 6.04 Å². The zero-order chi connectivity index (χ0) is 17.9. The van der Waals surface area contributed by atoms with E-state index in [1.54, 1.807) is 11.8 Å². The first-order valence-electron chi connectivity index (χ1n) is 7.15. The number of carbonyl (C=O) groups is 3. The number of carbonyl (C=O) groups excluding carboxylic acids is 3. The Morgan fingerprint density at radius 3 is 2.71 bits per heavy atom. The third-order valence-electron chi connectivity index (χ3n) is 2.54. The van der Waals surface area contributed by atoms with Gasteiger partial charge in [0.15, 0.2) is 10.9 Å². The first-order chi connectivity index (χ1) is 11.5. The first kappa shape index (κ1) is 20.7. The molecule has 1 unspecified atom stereocenters. The Labute approximate surface area is 152 Å². The first-order valence-corrected chi connectivity index (χ1v) is 10.3. The van der Waals surface area contributed by atoms with Crippen molar-refractivity contribution in [1.29, 1.82) is 0 Å². The lowest BCUT2D eigenvalue weighted by molar-refractivity contribution is -0.150. The van der Waals surface area contributed by atoms with E-state index in [2.05, 4.69) is 20.8 Å². The summed E-state index contributed by atoms with van der Waals surface area (Å²) in [6.45, 7) is 2.88. The van der Waals surface area contributed by atoms with Gasteiger partial charge in [-0.25, -0.2) is 4.79 Å². The Bertz CT molecular complexity index is 567. The summed E-state index contributed by atoms with van der Waals surface area (Å²) in [7, 11) is 0. The van der Waals surface area contributed by atoms with Crippen LogP contribution in [0.4, 0.5) is 5.13 Å². The predicted molar refractivity (Wildman–Crippen MR) is 96.5 cm³/mol. The molecule has 0 spiro atoms. The molecule has 11 heteroatoms. The summed E-state index contributed by atoms with van der Waals surface area (Å²) >= 11 is 4.33. The van der Waals surface area contributed by atoms with Crippen LogP contribution in [0.25, 0.3) is 0 Å². The monoisotopic (exact) mass is 392 g/mol. The van der Waals surface area contributed by atoms with E-state index in [1.807, 2.05) is 13.2 Å². The smallest absolute Gasteiger partial charge is 0.329 e. The zero-order valence-corrected chi connectivity index (χ0v) is 16.1. The summed E-state index contributed by atoms with van der Waals surface area (Å²) in [5, 5.41) is 13.1. The van der Waals surface area contributed by atoms with Gasteiger partial charge in [0.05, 0.1) is 0 Å². The molecule has 2 N–H and O–H groups in total. The van der Waals surface area contributed by atoms with Crippen LogP contribution in [0.1, 0.15) is 20.3 Å². The number of anilines is 1. The predicted octanol–water partition coefficient (Wildman–Crippen LogP) is 1.39. The number of thioether (sulfide) groups is 2. The Hall–Kier alpha value is -1.33. The van der Waals surface area contributed by atoms with Gasteiger partial charge in [-0.2, -0.15) is 11.8 Å². The lowest BCUT2D eigenvalue weighted by atomic mass is 10.2. The normalized spacial score (nSPS) is 11.6. The van der Waals surface area contributed by atoms with E-state index < -0.39 is 24.5 Å². The van der Waals surface area contributed by atoms with Crippen LogP contribution in [0.3, 0.4) is 0 Å². The van der Waals surface area contributed by atoms with Crippen molar-refractivity contribution in [2.45, 2.75) is 30.6 Å². The van der Waals surface area contributed by atoms with E-state index in [4.69, 9.17) is 4.74 Å². The van der Waals surface area contributed by atoms with E-state index in [0.717, 1.165) is 10.1 Å². The van der Waals surface area contributed by atoms with Crippen molar-refractivity contribution in [3.63, 3.8) is 0 Å². The fourth-order valence-electron chi connectivity index (χ4n) is 1.56. The molecule has 0 aliphatic heterocycles. The van der Waals surface area contributed by atoms with Gasteiger partial charge in [-0.15, -0.1) is 10.2 Å². The van der Waals surface area contributed by atoms with Crippen molar-refractivity contribution >= 4 is 57.8 Å². The summed E-state index contributed by atoms with van der Waals surface area (Å²) in [5.41, 5.74) is 0. The molecule has 1 heterocycles. The van der Waals surface area contributed by atoms with E-state index in [0.29, 0.717) is 17.3 Å². The molecule has 1 rings (SSSR count). The van der Waals surface area contributed by atoms with E-state index in [-0.39, 0.29) is 5.91 Å². The lowest BCUT2D eigenvalue weighted by Crippen LogP contribution is -2.42. The average Bonchev–Trinajstić information content (AvgIpc) is 2.96. The molecule has 0 bridgehead atoms. The topological polar surface area (TPSA) is 110 Å². The van der Waals surface area contributed by atoms with E-state index in [1.165, 1.54) is 30.0 Å². The van der Waals surface area contributed by atoms with Crippen molar-refractivity contribution in [2.24, 2.45) is 0 Å². The van der Waals surface area contributed by atoms with Gasteiger partial charge < -0.3 is 10.1 Å². The summed E-state index contributed by atoms with van der Waals surface area (Å²) in [6, 6.07) is -0.753. The van der Waals surface area contributed by atoms with Gasteiger partial charge in [0, 0.05) is 6.92 Å². The number of aromatic nitrogens is 2. The minimum atomic E-state index is -0.753. The zero-order valence-electron chi connectivity index (χ0n) is 13.7. The van der Waals surface area contributed by atoms with Gasteiger partial charge in [-0.05, 0) is 24.2 Å². The Kier molecular flexibility index (Phi) is 9.72. The maximum Gasteiger partial charge on any atom is 0.329 e. The molecule has 0 aliphatic rings. The second-order valence-corrected chi connectivity index (χ2v) is 7.97. The van der Waals surface area contributed by atoms with Crippen LogP contribution in [0, 0.1) is 0 Å². The van der Waals surface area contributed by atoms with Gasteiger partial charge in [-0.1, -0.05) is 30.0 Å². The number of esters is 1. The standard InChI is InChI=1S/C13H20N4O4S3/c1-4-23-13-17-16-12(24-13)15-10(19)7-21-11(20)9(5-6-22-3)14-8(2)18/h9H,4-7H2,1-3H3,(H,14,18)(H,15,16,19). The maximum atomic E-state index is 12.0. The lowest BCUT2D eigenvalue weighted by Gasteiger charge is -2.15. The van der Waals surface area contributed by atoms with Crippen LogP contribution in [-0.4, -0.2) is 58.4 Å². The fourth-order valence-corrected chi connectivity index (χ4v) is 3.70. The van der Waals surface area contributed by atoms with Crippen LogP contribution in [-0.2, 0) is 19.1 Å². The molecule has 2 amide bonds. The molecule has 134 valence electrons. The Morgan fingerprint density at radius 2 is 2.08 bits per heavy atom. The van der Waals surface area contributed by atoms with Crippen LogP contribution < -0.4 is 10.6 Å². The molecule has 0 saturated heterocycles. The van der Waals surface area contributed by atoms with Crippen LogP contribution in [0.2, 0.25) is 0 Å². The highest BCUT2D eigenvalue weighted by atomic mass is 32.2. The van der Waals surface area contributed by atoms with E-state index in [9.17, 15) is 14.4 Å². The SMILES string of the molecule is CCSc1nnc(NC(=O)COC(=O)C(CCSC)NC(C)=O)s1. The van der Waals surface area contributed by atoms with Gasteiger partial charge in [0.25, 0.3) is 5.91 Å². The van der Waals surface area contributed by atoms with Gasteiger partial charge in [0.2, 0.25) is 11.0 Å². The third-order valence-corrected chi connectivity index (χ3v) is 5.04. The Morgan fingerprint density at radius 1 is 1.33 bits per heavy atom. The van der Waals surface area contributed by atoms with Crippen molar-refractivity contribution < 1.29 is 19.1 Å². The maximum absolute atomic E-state index is 12.0. The van der Waals surface area contributed by atoms with Gasteiger partial charge >= 0.3 is 5.97 Å². The van der Waals surface area contributed by atoms with Crippen molar-refractivity contribution in [3.8, 4) is 0 Å². The van der Waals surface area contributed by atoms with Crippen LogP contribution in [0.5, 0.6) is 0 Å². The minimum Gasteiger partial charge on any atom is -0.454 e. The molecule has 1 aromatic heterocycles. The molecular formula is C13H20N4O4S3. The van der Waals surface area contributed by atoms with Crippen molar-refractivity contribution in [3.05, 3.63) is 0 Å². The minimum absolute atomic E-state index is 0.322. The number of amides is 2. The second kappa shape index (κ2) is 11.3. The number of hydrogen-bond donors (Lipinski definition) is 2. The number of nitrogens with zero attached hydrogens (tertiary/aromatic N) is 2. The average molecular weight is 393 g/mol. The second-order valence-electron chi connectivity index (χ2n) is 4.50. The third kappa shape index (κ3) is 7.97. The molecule has 0 radical (unpaired) electrons. The molecule has 0 saturated carbocycles.